The highest BCUT2D eigenvalue weighted by atomic mass is 35.5. The third-order valence-corrected chi connectivity index (χ3v) is 7.33. The quantitative estimate of drug-likeness (QED) is 0.544. The van der Waals surface area contributed by atoms with E-state index in [0.717, 1.165) is 4.31 Å². The van der Waals surface area contributed by atoms with Crippen molar-refractivity contribution >= 4 is 45.1 Å². The molecule has 2 N–H and O–H groups in total. The molecule has 1 fully saturated rings. The number of rotatable bonds is 9. The number of carbonyl (C=O) groups excluding carboxylic acids is 1. The molecule has 2 aromatic rings. The summed E-state index contributed by atoms with van der Waals surface area (Å²) in [5.74, 6) is -1.06. The summed E-state index contributed by atoms with van der Waals surface area (Å²) in [4.78, 5) is 24.1. The zero-order valence-corrected chi connectivity index (χ0v) is 19.5. The van der Waals surface area contributed by atoms with E-state index in [4.69, 9.17) is 27.9 Å². The van der Waals surface area contributed by atoms with Crippen LogP contribution in [-0.4, -0.2) is 48.9 Å². The van der Waals surface area contributed by atoms with E-state index in [-0.39, 0.29) is 27.9 Å². The predicted octanol–water partition coefficient (Wildman–Crippen LogP) is 3.49. The Morgan fingerprint density at radius 2 is 1.81 bits per heavy atom. The second-order valence-electron chi connectivity index (χ2n) is 7.19. The zero-order chi connectivity index (χ0) is 23.5. The minimum absolute atomic E-state index is 0.110. The number of amides is 1. The van der Waals surface area contributed by atoms with Gasteiger partial charge in [0.2, 0.25) is 15.9 Å². The first kappa shape index (κ1) is 24.3. The van der Waals surface area contributed by atoms with Crippen LogP contribution in [0.25, 0.3) is 0 Å². The molecule has 1 saturated heterocycles. The lowest BCUT2D eigenvalue weighted by Crippen LogP contribution is -2.58. The van der Waals surface area contributed by atoms with Crippen LogP contribution in [0.2, 0.25) is 10.0 Å². The van der Waals surface area contributed by atoms with Crippen molar-refractivity contribution in [1.29, 1.82) is 0 Å². The Hall–Kier alpha value is -2.33. The van der Waals surface area contributed by atoms with E-state index in [1.165, 1.54) is 18.2 Å². The number of carbonyl (C=O) groups is 2. The van der Waals surface area contributed by atoms with E-state index in [1.54, 1.807) is 24.3 Å². The molecular formula is C21H22Cl2N2O6S. The van der Waals surface area contributed by atoms with Gasteiger partial charge in [0.25, 0.3) is 0 Å². The molecule has 3 rings (SSSR count). The summed E-state index contributed by atoms with van der Waals surface area (Å²) in [7, 11) is -4.01. The Morgan fingerprint density at radius 3 is 2.31 bits per heavy atom. The zero-order valence-electron chi connectivity index (χ0n) is 17.1. The molecule has 1 amide bonds. The molecule has 8 nitrogen and oxygen atoms in total. The number of nitrogens with zero attached hydrogens (tertiary/aromatic N) is 1. The Bertz CT molecular complexity index is 1090. The molecule has 172 valence electrons. The third-order valence-electron chi connectivity index (χ3n) is 5.00. The summed E-state index contributed by atoms with van der Waals surface area (Å²) in [5.41, 5.74) is 0.569. The number of halogens is 2. The van der Waals surface area contributed by atoms with Crippen LogP contribution in [0.5, 0.6) is 5.75 Å². The molecule has 0 radical (unpaired) electrons. The van der Waals surface area contributed by atoms with E-state index < -0.39 is 34.0 Å². The number of benzene rings is 2. The maximum Gasteiger partial charge on any atom is 0.305 e. The van der Waals surface area contributed by atoms with Crippen molar-refractivity contribution in [3.8, 4) is 5.75 Å². The van der Waals surface area contributed by atoms with E-state index in [1.807, 2.05) is 6.92 Å². The molecule has 0 bridgehead atoms. The Kier molecular flexibility index (Phi) is 7.66. The number of nitrogens with one attached hydrogen (secondary N) is 1. The maximum absolute atomic E-state index is 13.0. The van der Waals surface area contributed by atoms with Crippen LogP contribution < -0.4 is 10.1 Å². The van der Waals surface area contributed by atoms with E-state index in [9.17, 15) is 23.1 Å². The first-order chi connectivity index (χ1) is 15.1. The lowest BCUT2D eigenvalue weighted by Gasteiger charge is -2.39. The topological polar surface area (TPSA) is 113 Å². The summed E-state index contributed by atoms with van der Waals surface area (Å²) in [6.07, 6.45) is -0.0501. The van der Waals surface area contributed by atoms with Crippen LogP contribution in [0.4, 0.5) is 0 Å². The van der Waals surface area contributed by atoms with E-state index in [2.05, 4.69) is 5.32 Å². The van der Waals surface area contributed by atoms with Crippen LogP contribution in [-0.2, 0) is 19.6 Å². The van der Waals surface area contributed by atoms with Gasteiger partial charge in [-0.3, -0.25) is 9.59 Å². The van der Waals surface area contributed by atoms with Gasteiger partial charge in [-0.1, -0.05) is 35.3 Å². The molecule has 1 aliphatic heterocycles. The average Bonchev–Trinajstić information content (AvgIpc) is 2.66. The number of ether oxygens (including phenoxy) is 1. The number of carboxylic acids is 1. The summed E-state index contributed by atoms with van der Waals surface area (Å²) >= 11 is 11.9. The minimum atomic E-state index is -4.01. The van der Waals surface area contributed by atoms with Crippen molar-refractivity contribution in [1.82, 2.24) is 9.62 Å². The molecule has 2 aromatic carbocycles. The number of sulfonamides is 1. The summed E-state index contributed by atoms with van der Waals surface area (Å²) in [6.45, 7) is 2.48. The van der Waals surface area contributed by atoms with E-state index in [0.29, 0.717) is 24.3 Å². The first-order valence-electron chi connectivity index (χ1n) is 9.84. The van der Waals surface area contributed by atoms with Crippen LogP contribution in [0.3, 0.4) is 0 Å². The number of hydrogen-bond donors (Lipinski definition) is 2. The Morgan fingerprint density at radius 1 is 1.19 bits per heavy atom. The van der Waals surface area contributed by atoms with Crippen LogP contribution >= 0.6 is 23.2 Å². The molecular weight excluding hydrogens is 479 g/mol. The largest absolute Gasteiger partial charge is 0.494 e. The monoisotopic (exact) mass is 500 g/mol. The van der Waals surface area contributed by atoms with Gasteiger partial charge in [-0.25, -0.2) is 8.42 Å². The smallest absolute Gasteiger partial charge is 0.305 e. The van der Waals surface area contributed by atoms with E-state index >= 15 is 0 Å². The fourth-order valence-corrected chi connectivity index (χ4v) is 5.74. The van der Waals surface area contributed by atoms with Gasteiger partial charge >= 0.3 is 5.97 Å². The highest BCUT2D eigenvalue weighted by Gasteiger charge is 2.43. The van der Waals surface area contributed by atoms with Gasteiger partial charge in [0.15, 0.2) is 0 Å². The highest BCUT2D eigenvalue weighted by molar-refractivity contribution is 7.89. The number of carboxylic acid groups (broad SMARTS) is 1. The van der Waals surface area contributed by atoms with Gasteiger partial charge in [0.1, 0.15) is 11.8 Å². The van der Waals surface area contributed by atoms with Crippen molar-refractivity contribution in [3.63, 3.8) is 0 Å². The Balaban J connectivity index is 1.78. The fourth-order valence-electron chi connectivity index (χ4n) is 3.38. The molecule has 0 unspecified atom stereocenters. The molecule has 1 aliphatic rings. The number of aliphatic carboxylic acids is 1. The summed E-state index contributed by atoms with van der Waals surface area (Å²) in [6, 6.07) is 8.86. The fraction of sp³-hybridized carbons (Fsp3) is 0.333. The van der Waals surface area contributed by atoms with Crippen LogP contribution in [0.15, 0.2) is 47.4 Å². The SMILES string of the molecule is CCOc1ccc([C@@H](CC(=O)O)NC(=O)[C@@H]2CCN2S(=O)(=O)c2cc(Cl)cc(Cl)c2)cc1. The maximum atomic E-state index is 13.0. The third kappa shape index (κ3) is 5.53. The van der Waals surface area contributed by atoms with Crippen LogP contribution in [0.1, 0.15) is 31.4 Å². The van der Waals surface area contributed by atoms with Gasteiger partial charge in [-0.05, 0) is 49.2 Å². The second kappa shape index (κ2) is 10.1. The first-order valence-corrected chi connectivity index (χ1v) is 12.0. The summed E-state index contributed by atoms with van der Waals surface area (Å²) in [5, 5.41) is 12.3. The molecule has 1 heterocycles. The highest BCUT2D eigenvalue weighted by Crippen LogP contribution is 2.31. The molecule has 0 aromatic heterocycles. The molecule has 0 aliphatic carbocycles. The van der Waals surface area contributed by atoms with Gasteiger partial charge in [0.05, 0.1) is 24.0 Å². The van der Waals surface area contributed by atoms with Crippen molar-refractivity contribution in [2.75, 3.05) is 13.2 Å². The average molecular weight is 501 g/mol. The van der Waals surface area contributed by atoms with Gasteiger partial charge in [-0.2, -0.15) is 4.31 Å². The normalized spacial score (nSPS) is 17.3. The van der Waals surface area contributed by atoms with Gasteiger partial charge in [-0.15, -0.1) is 0 Å². The second-order valence-corrected chi connectivity index (χ2v) is 9.95. The molecule has 0 spiro atoms. The standard InChI is InChI=1S/C21H22Cl2N2O6S/c1-2-31-16-5-3-13(4-6-16)18(12-20(26)27)24-21(28)19-7-8-25(19)32(29,30)17-10-14(22)9-15(23)11-17/h3-6,9-11,18-19H,2,7-8,12H2,1H3,(H,24,28)(H,26,27)/t18-,19+/m1/s1. The van der Waals surface area contributed by atoms with Crippen LogP contribution in [0, 0.1) is 0 Å². The van der Waals surface area contributed by atoms with Gasteiger partial charge < -0.3 is 15.2 Å². The number of hydrogen-bond acceptors (Lipinski definition) is 5. The lowest BCUT2D eigenvalue weighted by molar-refractivity contribution is -0.138. The molecule has 0 saturated carbocycles. The van der Waals surface area contributed by atoms with Crippen molar-refractivity contribution in [2.24, 2.45) is 0 Å². The van der Waals surface area contributed by atoms with Crippen molar-refractivity contribution in [3.05, 3.63) is 58.1 Å². The van der Waals surface area contributed by atoms with Gasteiger partial charge in [0, 0.05) is 16.6 Å². The summed E-state index contributed by atoms with van der Waals surface area (Å²) < 4.78 is 32.4. The lowest BCUT2D eigenvalue weighted by atomic mass is 10.0. The van der Waals surface area contributed by atoms with Crippen molar-refractivity contribution in [2.45, 2.75) is 36.7 Å². The predicted molar refractivity (Wildman–Crippen MR) is 120 cm³/mol. The molecule has 11 heteroatoms. The Labute approximate surface area is 196 Å². The van der Waals surface area contributed by atoms with Crippen molar-refractivity contribution < 1.29 is 27.9 Å². The molecule has 2 atom stereocenters. The molecule has 32 heavy (non-hydrogen) atoms. The minimum Gasteiger partial charge on any atom is -0.494 e.